The molecule has 0 radical (unpaired) electrons. The number of aryl methyl sites for hydroxylation is 1. The number of hydrogen-bond acceptors (Lipinski definition) is 1. The summed E-state index contributed by atoms with van der Waals surface area (Å²) in [5, 5.41) is 0. The van der Waals surface area contributed by atoms with Crippen LogP contribution in [0.5, 0.6) is 0 Å². The van der Waals surface area contributed by atoms with Gasteiger partial charge in [0.1, 0.15) is 0 Å². The van der Waals surface area contributed by atoms with Gasteiger partial charge in [-0.2, -0.15) is 0 Å². The molecule has 4 heteroatoms. The Balaban J connectivity index is 2.07. The molecule has 2 atom stereocenters. The average molecular weight is 337 g/mol. The van der Waals surface area contributed by atoms with Crippen molar-refractivity contribution < 1.29 is 13.6 Å². The van der Waals surface area contributed by atoms with Crippen LogP contribution in [0.15, 0.2) is 24.3 Å². The minimum Gasteiger partial charge on any atom is -0.314 e. The molecule has 134 valence electrons. The zero-order valence-electron chi connectivity index (χ0n) is 14.8. The van der Waals surface area contributed by atoms with Crippen LogP contribution >= 0.6 is 0 Å². The lowest BCUT2D eigenvalue weighted by molar-refractivity contribution is -0.108. The Hall–Kier alpha value is -1.45. The number of nitrogens with zero attached hydrogens (tertiary/aromatic N) is 1. The number of para-hydroxylation sites is 1. The monoisotopic (exact) mass is 337 g/mol. The number of carbonyl (C=O) groups is 1. The van der Waals surface area contributed by atoms with E-state index in [1.165, 1.54) is 0 Å². The highest BCUT2D eigenvalue weighted by Crippen LogP contribution is 2.44. The van der Waals surface area contributed by atoms with Gasteiger partial charge >= 0.3 is 0 Å². The van der Waals surface area contributed by atoms with Crippen molar-refractivity contribution in [2.24, 2.45) is 11.8 Å². The van der Waals surface area contributed by atoms with Crippen LogP contribution in [0, 0.1) is 11.8 Å². The van der Waals surface area contributed by atoms with Crippen LogP contribution in [0.1, 0.15) is 57.9 Å². The Bertz CT molecular complexity index is 532. The molecule has 0 aromatic heterocycles. The highest BCUT2D eigenvalue weighted by molar-refractivity contribution is 5.77. The van der Waals surface area contributed by atoms with Crippen molar-refractivity contribution >= 4 is 12.1 Å². The van der Waals surface area contributed by atoms with Gasteiger partial charge in [-0.15, -0.1) is 0 Å². The topological polar surface area (TPSA) is 20.3 Å². The molecule has 1 aromatic carbocycles. The van der Waals surface area contributed by atoms with Crippen molar-refractivity contribution in [2.45, 2.75) is 64.7 Å². The van der Waals surface area contributed by atoms with Crippen LogP contribution in [0.3, 0.4) is 0 Å². The Morgan fingerprint density at radius 2 is 2.04 bits per heavy atom. The minimum atomic E-state index is -2.54. The number of unbranched alkanes of at least 4 members (excludes halogenated alkanes) is 1. The highest BCUT2D eigenvalue weighted by atomic mass is 19.3. The molecule has 2 rings (SSSR count). The summed E-state index contributed by atoms with van der Waals surface area (Å²) >= 11 is 0. The van der Waals surface area contributed by atoms with Crippen molar-refractivity contribution in [2.75, 3.05) is 11.4 Å². The number of carbonyl (C=O) groups excluding carboxylic acids is 1. The summed E-state index contributed by atoms with van der Waals surface area (Å²) < 4.78 is 28.3. The first-order valence-electron chi connectivity index (χ1n) is 9.19. The second-order valence-electron chi connectivity index (χ2n) is 6.98. The molecular weight excluding hydrogens is 308 g/mol. The van der Waals surface area contributed by atoms with E-state index in [0.29, 0.717) is 25.8 Å². The van der Waals surface area contributed by atoms with Crippen molar-refractivity contribution in [1.29, 1.82) is 0 Å². The van der Waals surface area contributed by atoms with Gasteiger partial charge in [0, 0.05) is 24.6 Å². The number of hydrogen-bond donors (Lipinski definition) is 0. The smallest absolute Gasteiger partial charge is 0.250 e. The largest absolute Gasteiger partial charge is 0.314 e. The van der Waals surface area contributed by atoms with Crippen molar-refractivity contribution in [1.82, 2.24) is 0 Å². The molecular formula is C20H29F2NO. The van der Waals surface area contributed by atoms with Crippen LogP contribution < -0.4 is 4.90 Å². The lowest BCUT2D eigenvalue weighted by Crippen LogP contribution is -2.39. The van der Waals surface area contributed by atoms with Gasteiger partial charge in [0.2, 0.25) is 6.41 Å². The van der Waals surface area contributed by atoms with E-state index in [1.54, 1.807) is 4.90 Å². The molecule has 1 aromatic rings. The summed E-state index contributed by atoms with van der Waals surface area (Å²) in [6.07, 6.45) is 5.05. The van der Waals surface area contributed by atoms with Gasteiger partial charge in [-0.25, -0.2) is 8.78 Å². The van der Waals surface area contributed by atoms with Gasteiger partial charge < -0.3 is 4.90 Å². The normalized spacial score (nSPS) is 23.0. The molecule has 24 heavy (non-hydrogen) atoms. The molecule has 0 saturated heterocycles. The third kappa shape index (κ3) is 4.55. The Morgan fingerprint density at radius 1 is 1.29 bits per heavy atom. The Kier molecular flexibility index (Phi) is 6.76. The molecule has 1 aliphatic carbocycles. The molecule has 0 bridgehead atoms. The van der Waals surface area contributed by atoms with E-state index in [0.717, 1.165) is 36.9 Å². The fourth-order valence-electron chi connectivity index (χ4n) is 3.81. The van der Waals surface area contributed by atoms with E-state index < -0.39 is 11.8 Å². The van der Waals surface area contributed by atoms with Crippen LogP contribution in [0.2, 0.25) is 0 Å². The van der Waals surface area contributed by atoms with Gasteiger partial charge in [-0.05, 0) is 43.2 Å². The lowest BCUT2D eigenvalue weighted by atomic mass is 9.76. The van der Waals surface area contributed by atoms with E-state index in [-0.39, 0.29) is 12.3 Å². The maximum atomic E-state index is 14.1. The minimum absolute atomic E-state index is 0.0475. The third-order valence-corrected chi connectivity index (χ3v) is 5.27. The first kappa shape index (κ1) is 18.9. The van der Waals surface area contributed by atoms with Gasteiger partial charge in [0.25, 0.3) is 5.92 Å². The first-order valence-corrected chi connectivity index (χ1v) is 9.19. The fourth-order valence-corrected chi connectivity index (χ4v) is 3.81. The standard InChI is InChI=1S/C20H29F2NO/c1-3-5-9-18-13-16(11-12-20(18,21)22)14-23(15-24)19-10-7-6-8-17(19)4-2/h6-8,10,15-16,18H,3-5,9,11-14H2,1-2H3. The van der Waals surface area contributed by atoms with Crippen LogP contribution in [-0.2, 0) is 11.2 Å². The Morgan fingerprint density at radius 3 is 2.71 bits per heavy atom. The highest BCUT2D eigenvalue weighted by Gasteiger charge is 2.44. The van der Waals surface area contributed by atoms with E-state index in [2.05, 4.69) is 6.92 Å². The average Bonchev–Trinajstić information content (AvgIpc) is 2.59. The van der Waals surface area contributed by atoms with Crippen molar-refractivity contribution in [3.63, 3.8) is 0 Å². The van der Waals surface area contributed by atoms with Crippen LogP contribution in [-0.4, -0.2) is 18.9 Å². The molecule has 1 saturated carbocycles. The molecule has 0 spiro atoms. The summed E-state index contributed by atoms with van der Waals surface area (Å²) in [6, 6.07) is 7.85. The number of anilines is 1. The van der Waals surface area contributed by atoms with E-state index in [9.17, 15) is 13.6 Å². The maximum Gasteiger partial charge on any atom is 0.250 e. The lowest BCUT2D eigenvalue weighted by Gasteiger charge is -2.37. The second-order valence-corrected chi connectivity index (χ2v) is 6.98. The second kappa shape index (κ2) is 8.59. The predicted octanol–water partition coefficient (Wildman–Crippen LogP) is 5.45. The predicted molar refractivity (Wildman–Crippen MR) is 94.5 cm³/mol. The molecule has 2 unspecified atom stereocenters. The van der Waals surface area contributed by atoms with Crippen LogP contribution in [0.25, 0.3) is 0 Å². The number of amides is 1. The molecule has 1 fully saturated rings. The number of halogens is 2. The molecule has 2 nitrogen and oxygen atoms in total. The third-order valence-electron chi connectivity index (χ3n) is 5.27. The van der Waals surface area contributed by atoms with Crippen molar-refractivity contribution in [3.05, 3.63) is 29.8 Å². The summed E-state index contributed by atoms with van der Waals surface area (Å²) in [6.45, 7) is 4.64. The van der Waals surface area contributed by atoms with E-state index in [4.69, 9.17) is 0 Å². The van der Waals surface area contributed by atoms with Gasteiger partial charge in [0.15, 0.2) is 0 Å². The van der Waals surface area contributed by atoms with Crippen LogP contribution in [0.4, 0.5) is 14.5 Å². The summed E-state index contributed by atoms with van der Waals surface area (Å²) in [4.78, 5) is 13.3. The van der Waals surface area contributed by atoms with E-state index in [1.807, 2.05) is 31.2 Å². The number of alkyl halides is 2. The summed E-state index contributed by atoms with van der Waals surface area (Å²) in [5.74, 6) is -2.92. The SMILES string of the molecule is CCCCC1CC(CN(C=O)c2ccccc2CC)CCC1(F)F. The number of benzene rings is 1. The fraction of sp³-hybridized carbons (Fsp3) is 0.650. The molecule has 0 N–H and O–H groups in total. The molecule has 1 amide bonds. The zero-order chi connectivity index (χ0) is 17.6. The molecule has 1 aliphatic rings. The quantitative estimate of drug-likeness (QED) is 0.577. The van der Waals surface area contributed by atoms with Gasteiger partial charge in [0.05, 0.1) is 0 Å². The Labute approximate surface area is 144 Å². The molecule has 0 heterocycles. The molecule has 0 aliphatic heterocycles. The van der Waals surface area contributed by atoms with Gasteiger partial charge in [-0.3, -0.25) is 4.79 Å². The van der Waals surface area contributed by atoms with Crippen molar-refractivity contribution in [3.8, 4) is 0 Å². The zero-order valence-corrected chi connectivity index (χ0v) is 14.8. The van der Waals surface area contributed by atoms with Gasteiger partial charge in [-0.1, -0.05) is 44.9 Å². The number of rotatable bonds is 8. The summed E-state index contributed by atoms with van der Waals surface area (Å²) in [7, 11) is 0. The summed E-state index contributed by atoms with van der Waals surface area (Å²) in [5.41, 5.74) is 2.03. The van der Waals surface area contributed by atoms with E-state index >= 15 is 0 Å². The maximum absolute atomic E-state index is 14.1. The first-order chi connectivity index (χ1) is 11.5.